The van der Waals surface area contributed by atoms with Gasteiger partial charge in [0, 0.05) is 10.9 Å². The van der Waals surface area contributed by atoms with Crippen LogP contribution >= 0.6 is 11.3 Å². The number of nitrogens with one attached hydrogen (secondary N) is 1. The number of esters is 2. The zero-order valence-corrected chi connectivity index (χ0v) is 18.3. The van der Waals surface area contributed by atoms with E-state index in [9.17, 15) is 24.5 Å². The number of nitrogens with zero attached hydrogens (tertiary/aromatic N) is 1. The monoisotopic (exact) mass is 474 g/mol. The zero-order chi connectivity index (χ0) is 24.0. The van der Waals surface area contributed by atoms with Crippen molar-refractivity contribution in [1.29, 1.82) is 0 Å². The van der Waals surface area contributed by atoms with Crippen LogP contribution in [0.3, 0.4) is 0 Å². The zero-order valence-electron chi connectivity index (χ0n) is 17.5. The SMILES string of the molecule is CCOC(=O)c1c(-c2ccc(OC)cc2)csc1NC(=O)COC(=O)c1ccc([N+](=O)[O-])o1. The Bertz CT molecular complexity index is 1180. The fraction of sp³-hybridized carbons (Fsp3) is 0.190. The molecule has 2 aromatic heterocycles. The van der Waals surface area contributed by atoms with Gasteiger partial charge in [0.05, 0.1) is 19.8 Å². The molecule has 0 bridgehead atoms. The number of rotatable bonds is 9. The molecule has 0 radical (unpaired) electrons. The van der Waals surface area contributed by atoms with Gasteiger partial charge in [-0.2, -0.15) is 0 Å². The number of thiophene rings is 1. The molecule has 0 aliphatic heterocycles. The lowest BCUT2D eigenvalue weighted by Crippen LogP contribution is -2.21. The van der Waals surface area contributed by atoms with Crippen LogP contribution in [-0.2, 0) is 14.3 Å². The lowest BCUT2D eigenvalue weighted by atomic mass is 10.0. The van der Waals surface area contributed by atoms with Crippen molar-refractivity contribution in [2.45, 2.75) is 6.92 Å². The second-order valence-corrected chi connectivity index (χ2v) is 7.20. The average molecular weight is 474 g/mol. The van der Waals surface area contributed by atoms with Gasteiger partial charge in [0.25, 0.3) is 5.91 Å². The Kier molecular flexibility index (Phi) is 7.41. The van der Waals surface area contributed by atoms with Crippen molar-refractivity contribution in [3.8, 4) is 16.9 Å². The molecule has 0 atom stereocenters. The van der Waals surface area contributed by atoms with Crippen LogP contribution in [0.5, 0.6) is 5.75 Å². The average Bonchev–Trinajstić information content (AvgIpc) is 3.46. The third-order valence-electron chi connectivity index (χ3n) is 4.23. The number of carbonyl (C=O) groups is 3. The Morgan fingerprint density at radius 3 is 2.42 bits per heavy atom. The molecule has 0 spiro atoms. The third-order valence-corrected chi connectivity index (χ3v) is 5.13. The van der Waals surface area contributed by atoms with E-state index in [0.29, 0.717) is 16.9 Å². The quantitative estimate of drug-likeness (QED) is 0.277. The minimum atomic E-state index is -1.05. The van der Waals surface area contributed by atoms with Crippen LogP contribution in [0.25, 0.3) is 11.1 Å². The lowest BCUT2D eigenvalue weighted by molar-refractivity contribution is -0.402. The first-order valence-electron chi connectivity index (χ1n) is 9.48. The van der Waals surface area contributed by atoms with Crippen LogP contribution < -0.4 is 10.1 Å². The van der Waals surface area contributed by atoms with E-state index in [4.69, 9.17) is 18.6 Å². The first-order valence-corrected chi connectivity index (χ1v) is 10.4. The molecule has 0 aliphatic rings. The normalized spacial score (nSPS) is 10.4. The summed E-state index contributed by atoms with van der Waals surface area (Å²) < 4.78 is 19.8. The van der Waals surface area contributed by atoms with Gasteiger partial charge in [-0.3, -0.25) is 14.9 Å². The summed E-state index contributed by atoms with van der Waals surface area (Å²) in [5.41, 5.74) is 1.42. The number of nitro groups is 1. The van der Waals surface area contributed by atoms with E-state index in [-0.39, 0.29) is 17.2 Å². The third kappa shape index (κ3) is 5.54. The van der Waals surface area contributed by atoms with Crippen LogP contribution in [-0.4, -0.2) is 43.1 Å². The molecule has 12 heteroatoms. The van der Waals surface area contributed by atoms with Crippen LogP contribution in [0.2, 0.25) is 0 Å². The molecule has 2 heterocycles. The van der Waals surface area contributed by atoms with Gasteiger partial charge in [-0.05, 0) is 30.7 Å². The minimum absolute atomic E-state index is 0.136. The predicted molar refractivity (Wildman–Crippen MR) is 117 cm³/mol. The number of methoxy groups -OCH3 is 1. The van der Waals surface area contributed by atoms with E-state index in [0.717, 1.165) is 23.5 Å². The molecule has 1 N–H and O–H groups in total. The maximum absolute atomic E-state index is 12.6. The number of benzene rings is 1. The number of hydrogen-bond donors (Lipinski definition) is 1. The predicted octanol–water partition coefficient (Wildman–Crippen LogP) is 3.90. The van der Waals surface area contributed by atoms with Gasteiger partial charge in [0.2, 0.25) is 5.76 Å². The molecule has 3 rings (SSSR count). The first kappa shape index (κ1) is 23.5. The molecule has 11 nitrogen and oxygen atoms in total. The highest BCUT2D eigenvalue weighted by molar-refractivity contribution is 7.15. The summed E-state index contributed by atoms with van der Waals surface area (Å²) in [6, 6.07) is 9.06. The molecular formula is C21H18N2O9S. The molecule has 1 aromatic carbocycles. The van der Waals surface area contributed by atoms with E-state index < -0.39 is 41.0 Å². The van der Waals surface area contributed by atoms with Crippen LogP contribution in [0.1, 0.15) is 27.8 Å². The molecular weight excluding hydrogens is 456 g/mol. The van der Waals surface area contributed by atoms with Crippen molar-refractivity contribution in [2.75, 3.05) is 25.6 Å². The molecule has 0 saturated carbocycles. The Morgan fingerprint density at radius 2 is 1.82 bits per heavy atom. The first-order chi connectivity index (χ1) is 15.8. The summed E-state index contributed by atoms with van der Waals surface area (Å²) in [5.74, 6) is -2.80. The molecule has 0 saturated heterocycles. The number of amides is 1. The maximum Gasteiger partial charge on any atom is 0.433 e. The van der Waals surface area contributed by atoms with E-state index in [1.54, 1.807) is 36.6 Å². The van der Waals surface area contributed by atoms with Crippen molar-refractivity contribution < 1.29 is 37.9 Å². The number of hydrogen-bond acceptors (Lipinski definition) is 10. The number of furan rings is 1. The minimum Gasteiger partial charge on any atom is -0.497 e. The van der Waals surface area contributed by atoms with Crippen molar-refractivity contribution in [3.05, 3.63) is 63.2 Å². The summed E-state index contributed by atoms with van der Waals surface area (Å²) in [5, 5.41) is 15.1. The summed E-state index contributed by atoms with van der Waals surface area (Å²) in [4.78, 5) is 46.7. The van der Waals surface area contributed by atoms with Crippen LogP contribution in [0, 0.1) is 10.1 Å². The molecule has 3 aromatic rings. The second-order valence-electron chi connectivity index (χ2n) is 6.32. The smallest absolute Gasteiger partial charge is 0.433 e. The Balaban J connectivity index is 1.74. The van der Waals surface area contributed by atoms with E-state index >= 15 is 0 Å². The summed E-state index contributed by atoms with van der Waals surface area (Å²) >= 11 is 1.10. The van der Waals surface area contributed by atoms with E-state index in [1.165, 1.54) is 7.11 Å². The highest BCUT2D eigenvalue weighted by Gasteiger charge is 2.24. The van der Waals surface area contributed by atoms with Crippen molar-refractivity contribution in [1.82, 2.24) is 0 Å². The van der Waals surface area contributed by atoms with Gasteiger partial charge in [0.1, 0.15) is 21.2 Å². The van der Waals surface area contributed by atoms with Crippen molar-refractivity contribution >= 4 is 40.1 Å². The Labute approximate surface area is 191 Å². The summed E-state index contributed by atoms with van der Waals surface area (Å²) in [7, 11) is 1.54. The standard InChI is InChI=1S/C21H18N2O9S/c1-3-30-21(26)18-14(12-4-6-13(29-2)7-5-12)11-33-19(18)22-16(24)10-31-20(25)15-8-9-17(32-15)23(27)28/h4-9,11H,3,10H2,1-2H3,(H,22,24). The molecule has 1 amide bonds. The largest absolute Gasteiger partial charge is 0.497 e. The highest BCUT2D eigenvalue weighted by Crippen LogP contribution is 2.36. The fourth-order valence-electron chi connectivity index (χ4n) is 2.74. The van der Waals surface area contributed by atoms with E-state index in [2.05, 4.69) is 5.32 Å². The highest BCUT2D eigenvalue weighted by atomic mass is 32.1. The van der Waals surface area contributed by atoms with Gasteiger partial charge in [0.15, 0.2) is 6.61 Å². The molecule has 172 valence electrons. The molecule has 0 aliphatic carbocycles. The lowest BCUT2D eigenvalue weighted by Gasteiger charge is -2.09. The fourth-order valence-corrected chi connectivity index (χ4v) is 3.71. The summed E-state index contributed by atoms with van der Waals surface area (Å²) in [6.45, 7) is 1.09. The molecule has 0 fully saturated rings. The van der Waals surface area contributed by atoms with Crippen LogP contribution in [0.4, 0.5) is 10.9 Å². The summed E-state index contributed by atoms with van der Waals surface area (Å²) in [6.07, 6.45) is 0. The van der Waals surface area contributed by atoms with Crippen LogP contribution in [0.15, 0.2) is 46.2 Å². The molecule has 33 heavy (non-hydrogen) atoms. The van der Waals surface area contributed by atoms with Gasteiger partial charge in [-0.15, -0.1) is 11.3 Å². The molecule has 0 unspecified atom stereocenters. The number of anilines is 1. The van der Waals surface area contributed by atoms with E-state index in [1.807, 2.05) is 0 Å². The van der Waals surface area contributed by atoms with Crippen molar-refractivity contribution in [2.24, 2.45) is 0 Å². The maximum atomic E-state index is 12.6. The Morgan fingerprint density at radius 1 is 1.09 bits per heavy atom. The Hall–Kier alpha value is -4.19. The topological polar surface area (TPSA) is 147 Å². The van der Waals surface area contributed by atoms with Gasteiger partial charge in [-0.1, -0.05) is 12.1 Å². The van der Waals surface area contributed by atoms with Crippen molar-refractivity contribution in [3.63, 3.8) is 0 Å². The van der Waals surface area contributed by atoms with Gasteiger partial charge >= 0.3 is 17.8 Å². The van der Waals surface area contributed by atoms with Gasteiger partial charge in [-0.25, -0.2) is 9.59 Å². The van der Waals surface area contributed by atoms with Gasteiger partial charge < -0.3 is 23.9 Å². The second kappa shape index (κ2) is 10.4. The number of ether oxygens (including phenoxy) is 3. The number of carbonyl (C=O) groups excluding carboxylic acids is 3.